The summed E-state index contributed by atoms with van der Waals surface area (Å²) in [5.74, 6) is 1.70. The van der Waals surface area contributed by atoms with Crippen molar-refractivity contribution >= 4 is 29.9 Å². The van der Waals surface area contributed by atoms with Crippen molar-refractivity contribution in [2.24, 2.45) is 4.99 Å². The van der Waals surface area contributed by atoms with Crippen LogP contribution in [-0.4, -0.2) is 54.9 Å². The summed E-state index contributed by atoms with van der Waals surface area (Å²) in [5, 5.41) is 13.4. The smallest absolute Gasteiger partial charge is 0.193 e. The number of hydrogen-bond donors (Lipinski definition) is 2. The highest BCUT2D eigenvalue weighted by molar-refractivity contribution is 14.0. The van der Waals surface area contributed by atoms with Crippen molar-refractivity contribution in [2.45, 2.75) is 38.7 Å². The second-order valence-electron chi connectivity index (χ2n) is 6.33. The maximum absolute atomic E-state index is 10.2. The second kappa shape index (κ2) is 10.1. The van der Waals surface area contributed by atoms with Crippen molar-refractivity contribution in [1.29, 1.82) is 0 Å². The molecule has 1 aromatic carbocycles. The maximum atomic E-state index is 10.2. The van der Waals surface area contributed by atoms with Gasteiger partial charge in [-0.2, -0.15) is 0 Å². The molecule has 1 aliphatic carbocycles. The summed E-state index contributed by atoms with van der Waals surface area (Å²) in [7, 11) is 1.99. The fourth-order valence-electron chi connectivity index (χ4n) is 2.48. The number of guanidine groups is 1. The molecule has 0 saturated heterocycles. The normalized spacial score (nSPS) is 15.9. The summed E-state index contributed by atoms with van der Waals surface area (Å²) >= 11 is 0. The topological polar surface area (TPSA) is 57.1 Å². The first-order valence-electron chi connectivity index (χ1n) is 8.44. The Morgan fingerprint density at radius 3 is 2.54 bits per heavy atom. The lowest BCUT2D eigenvalue weighted by atomic mass is 9.80. The van der Waals surface area contributed by atoms with Gasteiger partial charge in [-0.1, -0.05) is 17.7 Å². The zero-order valence-electron chi connectivity index (χ0n) is 14.9. The van der Waals surface area contributed by atoms with Gasteiger partial charge in [0, 0.05) is 13.6 Å². The van der Waals surface area contributed by atoms with E-state index in [9.17, 15) is 5.11 Å². The number of halogens is 1. The molecule has 1 aromatic rings. The van der Waals surface area contributed by atoms with Gasteiger partial charge in [0.15, 0.2) is 5.96 Å². The molecule has 5 nitrogen and oxygen atoms in total. The molecule has 0 radical (unpaired) electrons. The molecule has 0 aromatic heterocycles. The largest absolute Gasteiger partial charge is 0.492 e. The fourth-order valence-corrected chi connectivity index (χ4v) is 2.48. The molecule has 0 heterocycles. The molecular formula is C18H30IN3O2. The van der Waals surface area contributed by atoms with Crippen molar-refractivity contribution in [3.8, 4) is 5.75 Å². The van der Waals surface area contributed by atoms with Gasteiger partial charge in [-0.3, -0.25) is 4.99 Å². The molecule has 136 valence electrons. The van der Waals surface area contributed by atoms with E-state index in [4.69, 9.17) is 4.74 Å². The number of benzene rings is 1. The minimum absolute atomic E-state index is 0. The van der Waals surface area contributed by atoms with E-state index < -0.39 is 5.60 Å². The number of hydrogen-bond acceptors (Lipinski definition) is 3. The van der Waals surface area contributed by atoms with Crippen LogP contribution in [0.25, 0.3) is 0 Å². The van der Waals surface area contributed by atoms with Gasteiger partial charge in [0.05, 0.1) is 18.7 Å². The minimum atomic E-state index is -0.583. The molecule has 0 bridgehead atoms. The molecule has 0 amide bonds. The van der Waals surface area contributed by atoms with E-state index in [-0.39, 0.29) is 24.0 Å². The number of rotatable bonds is 7. The first-order valence-corrected chi connectivity index (χ1v) is 8.44. The summed E-state index contributed by atoms with van der Waals surface area (Å²) < 4.78 is 5.76. The Hall–Kier alpha value is -1.02. The molecule has 1 fully saturated rings. The molecular weight excluding hydrogens is 417 g/mol. The predicted molar refractivity (Wildman–Crippen MR) is 109 cm³/mol. The second-order valence-corrected chi connectivity index (χ2v) is 6.33. The molecule has 24 heavy (non-hydrogen) atoms. The van der Waals surface area contributed by atoms with Crippen LogP contribution in [0.5, 0.6) is 5.75 Å². The Kier molecular flexibility index (Phi) is 8.83. The van der Waals surface area contributed by atoms with Gasteiger partial charge >= 0.3 is 0 Å². The van der Waals surface area contributed by atoms with Crippen molar-refractivity contribution < 1.29 is 9.84 Å². The van der Waals surface area contributed by atoms with Crippen LogP contribution in [0.3, 0.4) is 0 Å². The maximum Gasteiger partial charge on any atom is 0.193 e. The minimum Gasteiger partial charge on any atom is -0.492 e. The molecule has 0 aliphatic heterocycles. The number of ether oxygens (including phenoxy) is 1. The van der Waals surface area contributed by atoms with Crippen molar-refractivity contribution in [2.75, 3.05) is 33.3 Å². The number of aliphatic imine (C=N–C) groups is 1. The highest BCUT2D eigenvalue weighted by Gasteiger charge is 2.34. The Balaban J connectivity index is 0.00000288. The number of aryl methyl sites for hydroxylation is 1. The zero-order valence-corrected chi connectivity index (χ0v) is 17.2. The first-order chi connectivity index (χ1) is 11.0. The standard InChI is InChI=1S/C18H29N3O2.HI/c1-4-19-17(20-14-18(22)10-5-11-18)21(3)12-13-23-16-8-6-15(2)7-9-16;/h6-9,22H,4-5,10-14H2,1-3H3,(H,19,20);1H. The van der Waals surface area contributed by atoms with Gasteiger partial charge in [0.25, 0.3) is 0 Å². The van der Waals surface area contributed by atoms with E-state index in [1.807, 2.05) is 43.1 Å². The van der Waals surface area contributed by atoms with Gasteiger partial charge in [0.1, 0.15) is 12.4 Å². The molecule has 6 heteroatoms. The van der Waals surface area contributed by atoms with Gasteiger partial charge in [0.2, 0.25) is 0 Å². The molecule has 2 N–H and O–H groups in total. The Bertz CT molecular complexity index is 516. The molecule has 1 aliphatic rings. The summed E-state index contributed by atoms with van der Waals surface area (Å²) in [6, 6.07) is 8.06. The van der Waals surface area contributed by atoms with Crippen LogP contribution in [0.4, 0.5) is 0 Å². The van der Waals surface area contributed by atoms with Crippen LogP contribution in [-0.2, 0) is 0 Å². The lowest BCUT2D eigenvalue weighted by Crippen LogP contribution is -2.44. The highest BCUT2D eigenvalue weighted by Crippen LogP contribution is 2.31. The molecule has 1 saturated carbocycles. The summed E-state index contributed by atoms with van der Waals surface area (Å²) in [6.45, 7) is 6.71. The van der Waals surface area contributed by atoms with Crippen molar-refractivity contribution in [1.82, 2.24) is 10.2 Å². The van der Waals surface area contributed by atoms with E-state index in [0.717, 1.165) is 44.1 Å². The van der Waals surface area contributed by atoms with Gasteiger partial charge < -0.3 is 20.1 Å². The summed E-state index contributed by atoms with van der Waals surface area (Å²) in [4.78, 5) is 6.61. The third-order valence-electron chi connectivity index (χ3n) is 4.22. The Morgan fingerprint density at radius 1 is 1.33 bits per heavy atom. The van der Waals surface area contributed by atoms with E-state index in [2.05, 4.69) is 17.2 Å². The molecule has 0 spiro atoms. The molecule has 0 unspecified atom stereocenters. The molecule has 0 atom stereocenters. The van der Waals surface area contributed by atoms with Crippen LogP contribution in [0.1, 0.15) is 31.7 Å². The third kappa shape index (κ3) is 6.47. The van der Waals surface area contributed by atoms with Crippen molar-refractivity contribution in [3.05, 3.63) is 29.8 Å². The number of likely N-dealkylation sites (N-methyl/N-ethyl adjacent to an activating group) is 1. The van der Waals surface area contributed by atoms with E-state index in [1.54, 1.807) is 0 Å². The average molecular weight is 447 g/mol. The van der Waals surface area contributed by atoms with Gasteiger partial charge in [-0.15, -0.1) is 24.0 Å². The number of nitrogens with one attached hydrogen (secondary N) is 1. The Labute approximate surface area is 162 Å². The monoisotopic (exact) mass is 447 g/mol. The van der Waals surface area contributed by atoms with Crippen LogP contribution >= 0.6 is 24.0 Å². The van der Waals surface area contributed by atoms with Crippen LogP contribution < -0.4 is 10.1 Å². The van der Waals surface area contributed by atoms with Crippen LogP contribution in [0.15, 0.2) is 29.3 Å². The van der Waals surface area contributed by atoms with Crippen LogP contribution in [0, 0.1) is 6.92 Å². The SMILES string of the molecule is CCNC(=NCC1(O)CCC1)N(C)CCOc1ccc(C)cc1.I. The van der Waals surface area contributed by atoms with Crippen LogP contribution in [0.2, 0.25) is 0 Å². The quantitative estimate of drug-likeness (QED) is 0.384. The van der Waals surface area contributed by atoms with Gasteiger partial charge in [-0.05, 0) is 45.2 Å². The number of aliphatic hydroxyl groups is 1. The third-order valence-corrected chi connectivity index (χ3v) is 4.22. The van der Waals surface area contributed by atoms with E-state index in [0.29, 0.717) is 13.2 Å². The van der Waals surface area contributed by atoms with Gasteiger partial charge in [-0.25, -0.2) is 0 Å². The summed E-state index contributed by atoms with van der Waals surface area (Å²) in [5.41, 5.74) is 0.643. The lowest BCUT2D eigenvalue weighted by molar-refractivity contribution is -0.0237. The fraction of sp³-hybridized carbons (Fsp3) is 0.611. The Morgan fingerprint density at radius 2 is 2.00 bits per heavy atom. The van der Waals surface area contributed by atoms with Crippen molar-refractivity contribution in [3.63, 3.8) is 0 Å². The number of nitrogens with zero attached hydrogens (tertiary/aromatic N) is 2. The first kappa shape index (κ1) is 21.0. The van der Waals surface area contributed by atoms with E-state index >= 15 is 0 Å². The predicted octanol–water partition coefficient (Wildman–Crippen LogP) is 2.80. The molecule has 2 rings (SSSR count). The summed E-state index contributed by atoms with van der Waals surface area (Å²) in [6.07, 6.45) is 2.81. The van der Waals surface area contributed by atoms with E-state index in [1.165, 1.54) is 5.56 Å². The lowest BCUT2D eigenvalue weighted by Gasteiger charge is -2.35. The zero-order chi connectivity index (χ0) is 16.7. The average Bonchev–Trinajstić information content (AvgIpc) is 2.51. The highest BCUT2D eigenvalue weighted by atomic mass is 127.